The molecule has 1 saturated heterocycles. The molecule has 1 aromatic heterocycles. The zero-order valence-electron chi connectivity index (χ0n) is 10.1. The van der Waals surface area contributed by atoms with Gasteiger partial charge in [0.2, 0.25) is 15.9 Å². The normalized spacial score (nSPS) is 23.9. The fourth-order valence-corrected chi connectivity index (χ4v) is 3.73. The molecule has 1 unspecified atom stereocenters. The van der Waals surface area contributed by atoms with Gasteiger partial charge >= 0.3 is 0 Å². The lowest BCUT2D eigenvalue weighted by Gasteiger charge is -2.15. The highest BCUT2D eigenvalue weighted by molar-refractivity contribution is 7.91. The molecule has 0 bridgehead atoms. The SMILES string of the molecule is NS(=O)(=O)c1cnc(NC2CC(=O)N(C3CC3)C2)s1. The molecular weight excluding hydrogens is 288 g/mol. The molecule has 2 fully saturated rings. The number of nitrogens with two attached hydrogens (primary N) is 1. The molecular formula is C10H14N4O3S2. The summed E-state index contributed by atoms with van der Waals surface area (Å²) in [6.45, 7) is 0.661. The van der Waals surface area contributed by atoms with Crippen LogP contribution >= 0.6 is 11.3 Å². The molecule has 3 N–H and O–H groups in total. The average molecular weight is 302 g/mol. The third-order valence-corrected chi connectivity index (χ3v) is 5.57. The first-order valence-electron chi connectivity index (χ1n) is 5.98. The van der Waals surface area contributed by atoms with Crippen LogP contribution in [0.4, 0.5) is 5.13 Å². The van der Waals surface area contributed by atoms with Gasteiger partial charge in [0.1, 0.15) is 0 Å². The highest BCUT2D eigenvalue weighted by Crippen LogP contribution is 2.32. The molecule has 1 atom stereocenters. The topological polar surface area (TPSA) is 105 Å². The van der Waals surface area contributed by atoms with Crippen molar-refractivity contribution in [1.82, 2.24) is 9.88 Å². The van der Waals surface area contributed by atoms with Gasteiger partial charge in [-0.25, -0.2) is 18.5 Å². The van der Waals surface area contributed by atoms with Crippen molar-refractivity contribution < 1.29 is 13.2 Å². The molecule has 3 rings (SSSR count). The van der Waals surface area contributed by atoms with E-state index in [0.29, 0.717) is 24.1 Å². The molecule has 7 nitrogen and oxygen atoms in total. The number of hydrogen-bond acceptors (Lipinski definition) is 6. The van der Waals surface area contributed by atoms with Crippen molar-refractivity contribution in [3.05, 3.63) is 6.20 Å². The van der Waals surface area contributed by atoms with Crippen LogP contribution < -0.4 is 10.5 Å². The molecule has 0 radical (unpaired) electrons. The minimum atomic E-state index is -3.70. The highest BCUT2D eigenvalue weighted by atomic mass is 32.2. The molecule has 1 aromatic rings. The number of aromatic nitrogens is 1. The monoisotopic (exact) mass is 302 g/mol. The van der Waals surface area contributed by atoms with E-state index in [9.17, 15) is 13.2 Å². The van der Waals surface area contributed by atoms with E-state index < -0.39 is 10.0 Å². The number of hydrogen-bond donors (Lipinski definition) is 2. The van der Waals surface area contributed by atoms with E-state index >= 15 is 0 Å². The Morgan fingerprint density at radius 1 is 1.47 bits per heavy atom. The van der Waals surface area contributed by atoms with Gasteiger partial charge in [-0.15, -0.1) is 0 Å². The molecule has 1 amide bonds. The third kappa shape index (κ3) is 2.72. The summed E-state index contributed by atoms with van der Waals surface area (Å²) in [7, 11) is -3.70. The summed E-state index contributed by atoms with van der Waals surface area (Å²) in [4.78, 5) is 17.6. The van der Waals surface area contributed by atoms with Gasteiger partial charge in [-0.1, -0.05) is 11.3 Å². The largest absolute Gasteiger partial charge is 0.356 e. The zero-order chi connectivity index (χ0) is 13.6. The first-order chi connectivity index (χ1) is 8.93. The lowest BCUT2D eigenvalue weighted by atomic mass is 10.3. The van der Waals surface area contributed by atoms with E-state index in [-0.39, 0.29) is 16.2 Å². The van der Waals surface area contributed by atoms with Crippen molar-refractivity contribution in [3.63, 3.8) is 0 Å². The van der Waals surface area contributed by atoms with Crippen LogP contribution in [0.3, 0.4) is 0 Å². The van der Waals surface area contributed by atoms with Crippen molar-refractivity contribution >= 4 is 32.4 Å². The Hall–Kier alpha value is -1.19. The number of carbonyl (C=O) groups excluding carboxylic acids is 1. The Balaban J connectivity index is 1.66. The van der Waals surface area contributed by atoms with Gasteiger partial charge in [-0.05, 0) is 12.8 Å². The fraction of sp³-hybridized carbons (Fsp3) is 0.600. The third-order valence-electron chi connectivity index (χ3n) is 3.24. The summed E-state index contributed by atoms with van der Waals surface area (Å²) in [6, 6.07) is 0.406. The maximum absolute atomic E-state index is 11.8. The summed E-state index contributed by atoms with van der Waals surface area (Å²) in [5, 5.41) is 8.61. The van der Waals surface area contributed by atoms with E-state index in [1.54, 1.807) is 0 Å². The number of rotatable bonds is 4. The van der Waals surface area contributed by atoms with E-state index in [4.69, 9.17) is 5.14 Å². The number of thiazole rings is 1. The summed E-state index contributed by atoms with van der Waals surface area (Å²) >= 11 is 0.988. The number of sulfonamides is 1. The minimum Gasteiger partial charge on any atom is -0.356 e. The zero-order valence-corrected chi connectivity index (χ0v) is 11.7. The Bertz CT molecular complexity index is 608. The first kappa shape index (κ1) is 12.8. The number of nitrogens with zero attached hydrogens (tertiary/aromatic N) is 2. The molecule has 0 spiro atoms. The van der Waals surface area contributed by atoms with Crippen LogP contribution in [0.25, 0.3) is 0 Å². The van der Waals surface area contributed by atoms with Crippen molar-refractivity contribution in [2.24, 2.45) is 5.14 Å². The summed E-state index contributed by atoms with van der Waals surface area (Å²) < 4.78 is 22.3. The minimum absolute atomic E-state index is 0.00687. The second-order valence-corrected chi connectivity index (χ2v) is 7.67. The molecule has 1 aliphatic carbocycles. The number of nitrogens with one attached hydrogen (secondary N) is 1. The van der Waals surface area contributed by atoms with Gasteiger partial charge in [0, 0.05) is 19.0 Å². The second kappa shape index (κ2) is 4.43. The molecule has 9 heteroatoms. The quantitative estimate of drug-likeness (QED) is 0.812. The predicted octanol–water partition coefficient (Wildman–Crippen LogP) is -0.0343. The fourth-order valence-electron chi connectivity index (χ4n) is 2.20. The summed E-state index contributed by atoms with van der Waals surface area (Å²) in [5.41, 5.74) is 0. The van der Waals surface area contributed by atoms with E-state index in [2.05, 4.69) is 10.3 Å². The summed E-state index contributed by atoms with van der Waals surface area (Å²) in [6.07, 6.45) is 3.84. The molecule has 1 saturated carbocycles. The molecule has 19 heavy (non-hydrogen) atoms. The Morgan fingerprint density at radius 2 is 2.21 bits per heavy atom. The highest BCUT2D eigenvalue weighted by Gasteiger charge is 2.39. The van der Waals surface area contributed by atoms with E-state index in [0.717, 1.165) is 24.2 Å². The van der Waals surface area contributed by atoms with Crippen LogP contribution in [0.2, 0.25) is 0 Å². The summed E-state index contributed by atoms with van der Waals surface area (Å²) in [5.74, 6) is 0.156. The Morgan fingerprint density at radius 3 is 2.79 bits per heavy atom. The lowest BCUT2D eigenvalue weighted by molar-refractivity contribution is -0.128. The van der Waals surface area contributed by atoms with Crippen molar-refractivity contribution in [2.45, 2.75) is 35.6 Å². The van der Waals surface area contributed by atoms with Gasteiger partial charge in [0.25, 0.3) is 0 Å². The molecule has 104 valence electrons. The maximum atomic E-state index is 11.8. The first-order valence-corrected chi connectivity index (χ1v) is 8.34. The Labute approximate surface area is 114 Å². The van der Waals surface area contributed by atoms with E-state index in [1.807, 2.05) is 4.90 Å². The van der Waals surface area contributed by atoms with Crippen molar-refractivity contribution in [2.75, 3.05) is 11.9 Å². The van der Waals surface area contributed by atoms with Crippen LogP contribution in [0.5, 0.6) is 0 Å². The van der Waals surface area contributed by atoms with Gasteiger partial charge in [-0.3, -0.25) is 4.79 Å². The number of carbonyl (C=O) groups is 1. The molecule has 0 aromatic carbocycles. The van der Waals surface area contributed by atoms with Crippen LogP contribution in [-0.4, -0.2) is 42.8 Å². The molecule has 2 aliphatic rings. The van der Waals surface area contributed by atoms with Crippen molar-refractivity contribution in [3.8, 4) is 0 Å². The predicted molar refractivity (Wildman–Crippen MR) is 70.2 cm³/mol. The van der Waals surface area contributed by atoms with Gasteiger partial charge in [0.05, 0.1) is 12.2 Å². The van der Waals surface area contributed by atoms with Crippen LogP contribution in [0.15, 0.2) is 10.4 Å². The average Bonchev–Trinajstić information content (AvgIpc) is 2.92. The lowest BCUT2D eigenvalue weighted by Crippen LogP contribution is -2.29. The van der Waals surface area contributed by atoms with Gasteiger partial charge < -0.3 is 10.2 Å². The standard InChI is InChI=1S/C10H14N4O3S2/c11-19(16,17)9-4-12-10(18-9)13-6-3-8(15)14(5-6)7-1-2-7/h4,6-7H,1-3,5H2,(H,12,13)(H2,11,16,17). The van der Waals surface area contributed by atoms with Crippen LogP contribution in [-0.2, 0) is 14.8 Å². The Kier molecular flexibility index (Phi) is 2.99. The molecule has 1 aliphatic heterocycles. The van der Waals surface area contributed by atoms with Gasteiger partial charge in [0.15, 0.2) is 9.34 Å². The molecule has 2 heterocycles. The number of anilines is 1. The number of primary sulfonamides is 1. The van der Waals surface area contributed by atoms with Crippen molar-refractivity contribution in [1.29, 1.82) is 0 Å². The number of amides is 1. The number of likely N-dealkylation sites (tertiary alicyclic amines) is 1. The maximum Gasteiger partial charge on any atom is 0.249 e. The van der Waals surface area contributed by atoms with Gasteiger partial charge in [-0.2, -0.15) is 0 Å². The van der Waals surface area contributed by atoms with Crippen LogP contribution in [0, 0.1) is 0 Å². The smallest absolute Gasteiger partial charge is 0.249 e. The van der Waals surface area contributed by atoms with Crippen LogP contribution in [0.1, 0.15) is 19.3 Å². The van der Waals surface area contributed by atoms with E-state index in [1.165, 1.54) is 6.20 Å². The second-order valence-electron chi connectivity index (χ2n) is 4.85.